The van der Waals surface area contributed by atoms with Crippen LogP contribution in [0.4, 0.5) is 0 Å². The average molecular weight is 361 g/mol. The minimum absolute atomic E-state index is 0.207. The second kappa shape index (κ2) is 9.37. The highest BCUT2D eigenvalue weighted by Gasteiger charge is 2.16. The Hall–Kier alpha value is -2.14. The van der Waals surface area contributed by atoms with E-state index in [2.05, 4.69) is 0 Å². The Labute approximate surface area is 153 Å². The zero-order valence-electron chi connectivity index (χ0n) is 16.2. The first-order chi connectivity index (χ1) is 12.0. The predicted octanol–water partition coefficient (Wildman–Crippen LogP) is 4.48. The highest BCUT2D eigenvalue weighted by Crippen LogP contribution is 2.26. The Morgan fingerprint density at radius 2 is 1.52 bits per heavy atom. The molecule has 0 atom stereocenters. The van der Waals surface area contributed by atoms with Gasteiger partial charge in [-0.25, -0.2) is 4.79 Å². The molecule has 3 aromatic rings. The third kappa shape index (κ3) is 4.10. The van der Waals surface area contributed by atoms with E-state index in [1.807, 2.05) is 71.9 Å². The van der Waals surface area contributed by atoms with E-state index in [1.165, 1.54) is 23.0 Å². The Bertz CT molecular complexity index is 934. The summed E-state index contributed by atoms with van der Waals surface area (Å²) in [5.41, 5.74) is 1.54. The first kappa shape index (κ1) is 20.9. The van der Waals surface area contributed by atoms with E-state index in [4.69, 9.17) is 0 Å². The number of thiophene rings is 1. The minimum Gasteiger partial charge on any atom is -0.280 e. The van der Waals surface area contributed by atoms with Crippen LogP contribution in [0.3, 0.4) is 0 Å². The number of fused-ring (bicyclic) bond motifs is 1. The zero-order chi connectivity index (χ0) is 19.1. The molecule has 136 valence electrons. The molecule has 0 amide bonds. The maximum Gasteiger partial charge on any atom is 0.332 e. The number of hydrogen-bond acceptors (Lipinski definition) is 3. The molecule has 3 rings (SSSR count). The number of nitrogens with zero attached hydrogens (tertiary/aromatic N) is 2. The molecule has 0 aliphatic rings. The van der Waals surface area contributed by atoms with Crippen LogP contribution in [0.5, 0.6) is 0 Å². The summed E-state index contributed by atoms with van der Waals surface area (Å²) in [6.07, 6.45) is 0. The minimum atomic E-state index is -0.266. The van der Waals surface area contributed by atoms with Crippen LogP contribution in [-0.4, -0.2) is 9.13 Å². The van der Waals surface area contributed by atoms with Crippen molar-refractivity contribution < 1.29 is 0 Å². The first-order valence-corrected chi connectivity index (χ1v) is 9.56. The van der Waals surface area contributed by atoms with E-state index in [0.29, 0.717) is 11.9 Å². The van der Waals surface area contributed by atoms with Gasteiger partial charge in [-0.3, -0.25) is 13.9 Å². The lowest BCUT2D eigenvalue weighted by Gasteiger charge is -2.09. The van der Waals surface area contributed by atoms with Gasteiger partial charge in [-0.1, -0.05) is 58.0 Å². The molecule has 0 saturated carbocycles. The lowest BCUT2D eigenvalue weighted by atomic mass is 10.2. The van der Waals surface area contributed by atoms with Crippen LogP contribution in [0.2, 0.25) is 0 Å². The zero-order valence-corrected chi connectivity index (χ0v) is 17.0. The second-order valence-electron chi connectivity index (χ2n) is 5.18. The normalized spacial score (nSPS) is 9.88. The lowest BCUT2D eigenvalue weighted by Crippen LogP contribution is -2.38. The number of aryl methyl sites for hydroxylation is 2. The highest BCUT2D eigenvalue weighted by molar-refractivity contribution is 7.18. The van der Waals surface area contributed by atoms with Crippen molar-refractivity contribution in [3.05, 3.63) is 67.2 Å². The number of aromatic nitrogens is 2. The second-order valence-corrected chi connectivity index (χ2v) is 6.39. The molecule has 0 N–H and O–H groups in total. The van der Waals surface area contributed by atoms with Crippen molar-refractivity contribution in [1.82, 2.24) is 9.13 Å². The van der Waals surface area contributed by atoms with Gasteiger partial charge in [0.1, 0.15) is 4.83 Å². The monoisotopic (exact) mass is 360 g/mol. The van der Waals surface area contributed by atoms with Crippen molar-refractivity contribution in [2.45, 2.75) is 48.1 Å². The summed E-state index contributed by atoms with van der Waals surface area (Å²) in [6, 6.07) is 9.81. The van der Waals surface area contributed by atoms with Crippen molar-refractivity contribution in [3.8, 4) is 0 Å². The van der Waals surface area contributed by atoms with Crippen LogP contribution in [0, 0.1) is 13.8 Å². The smallest absolute Gasteiger partial charge is 0.280 e. The van der Waals surface area contributed by atoms with Crippen LogP contribution in [0.15, 0.2) is 39.9 Å². The van der Waals surface area contributed by atoms with E-state index in [0.717, 1.165) is 20.8 Å². The summed E-state index contributed by atoms with van der Waals surface area (Å²) in [7, 11) is 1.54. The van der Waals surface area contributed by atoms with E-state index in [1.54, 1.807) is 4.57 Å². The molecule has 1 aromatic carbocycles. The van der Waals surface area contributed by atoms with Crippen LogP contribution in [0.25, 0.3) is 10.2 Å². The van der Waals surface area contributed by atoms with Gasteiger partial charge >= 0.3 is 5.69 Å². The standard InChI is InChI=1S/C16H16N2O2S.2C2H6/c1-10-11(2)21-15-13(10)14(19)17(3)16(20)18(15)9-12-7-5-4-6-8-12;2*1-2/h4-8H,9H2,1-3H3;2*1-2H3. The molecule has 2 aromatic heterocycles. The molecule has 0 aliphatic carbocycles. The summed E-state index contributed by atoms with van der Waals surface area (Å²) >= 11 is 1.51. The van der Waals surface area contributed by atoms with Crippen molar-refractivity contribution in [2.75, 3.05) is 0 Å². The van der Waals surface area contributed by atoms with E-state index >= 15 is 0 Å². The highest BCUT2D eigenvalue weighted by atomic mass is 32.1. The van der Waals surface area contributed by atoms with Crippen LogP contribution in [0.1, 0.15) is 43.7 Å². The van der Waals surface area contributed by atoms with Gasteiger partial charge in [0, 0.05) is 11.9 Å². The van der Waals surface area contributed by atoms with Gasteiger partial charge in [-0.2, -0.15) is 0 Å². The van der Waals surface area contributed by atoms with Crippen molar-refractivity contribution in [2.24, 2.45) is 7.05 Å². The maximum absolute atomic E-state index is 12.5. The number of benzene rings is 1. The SMILES string of the molecule is CC.CC.Cc1sc2c(c1C)c(=O)n(C)c(=O)n2Cc1ccccc1. The Kier molecular flexibility index (Phi) is 7.84. The van der Waals surface area contributed by atoms with E-state index in [9.17, 15) is 9.59 Å². The van der Waals surface area contributed by atoms with Gasteiger partial charge in [0.15, 0.2) is 0 Å². The Balaban J connectivity index is 0.000000730. The van der Waals surface area contributed by atoms with Gasteiger partial charge in [-0.15, -0.1) is 11.3 Å². The van der Waals surface area contributed by atoms with Crippen molar-refractivity contribution in [3.63, 3.8) is 0 Å². The quantitative estimate of drug-likeness (QED) is 0.676. The van der Waals surface area contributed by atoms with Crippen molar-refractivity contribution >= 4 is 21.6 Å². The van der Waals surface area contributed by atoms with Gasteiger partial charge < -0.3 is 0 Å². The number of hydrogen-bond donors (Lipinski definition) is 0. The molecule has 0 spiro atoms. The summed E-state index contributed by atoms with van der Waals surface area (Å²) in [6.45, 7) is 12.4. The topological polar surface area (TPSA) is 44.0 Å². The van der Waals surface area contributed by atoms with Gasteiger partial charge in [0.25, 0.3) is 5.56 Å². The van der Waals surface area contributed by atoms with Gasteiger partial charge in [-0.05, 0) is 25.0 Å². The fourth-order valence-corrected chi connectivity index (χ4v) is 3.62. The molecule has 0 fully saturated rings. The van der Waals surface area contributed by atoms with Crippen LogP contribution >= 0.6 is 11.3 Å². The van der Waals surface area contributed by atoms with Gasteiger partial charge in [0.2, 0.25) is 0 Å². The molecule has 5 heteroatoms. The van der Waals surface area contributed by atoms with Gasteiger partial charge in [0.05, 0.1) is 11.9 Å². The predicted molar refractivity (Wildman–Crippen MR) is 109 cm³/mol. The molecular weight excluding hydrogens is 332 g/mol. The first-order valence-electron chi connectivity index (χ1n) is 8.74. The molecule has 4 nitrogen and oxygen atoms in total. The van der Waals surface area contributed by atoms with E-state index < -0.39 is 0 Å². The number of rotatable bonds is 2. The molecular formula is C20H28N2O2S. The summed E-state index contributed by atoms with van der Waals surface area (Å²) < 4.78 is 2.89. The summed E-state index contributed by atoms with van der Waals surface area (Å²) in [4.78, 5) is 26.6. The Morgan fingerprint density at radius 3 is 2.08 bits per heavy atom. The third-order valence-electron chi connectivity index (χ3n) is 3.83. The van der Waals surface area contributed by atoms with E-state index in [-0.39, 0.29) is 11.2 Å². The Morgan fingerprint density at radius 1 is 0.960 bits per heavy atom. The summed E-state index contributed by atoms with van der Waals surface area (Å²) in [5, 5.41) is 0.663. The molecule has 2 heterocycles. The fraction of sp³-hybridized carbons (Fsp3) is 0.400. The molecule has 25 heavy (non-hydrogen) atoms. The molecule has 0 radical (unpaired) electrons. The van der Waals surface area contributed by atoms with Crippen molar-refractivity contribution in [1.29, 1.82) is 0 Å². The maximum atomic E-state index is 12.5. The molecule has 0 saturated heterocycles. The molecule has 0 unspecified atom stereocenters. The van der Waals surface area contributed by atoms with Crippen LogP contribution in [-0.2, 0) is 13.6 Å². The fourth-order valence-electron chi connectivity index (χ4n) is 2.48. The largest absolute Gasteiger partial charge is 0.332 e. The third-order valence-corrected chi connectivity index (χ3v) is 5.06. The molecule has 0 bridgehead atoms. The average Bonchev–Trinajstić information content (AvgIpc) is 2.96. The molecule has 0 aliphatic heterocycles. The summed E-state index contributed by atoms with van der Waals surface area (Å²) in [5.74, 6) is 0. The lowest BCUT2D eigenvalue weighted by molar-refractivity contribution is 0.677. The van der Waals surface area contributed by atoms with Crippen LogP contribution < -0.4 is 11.2 Å².